The first-order valence-corrected chi connectivity index (χ1v) is 4.23. The van der Waals surface area contributed by atoms with Crippen molar-refractivity contribution in [3.05, 3.63) is 0 Å². The van der Waals surface area contributed by atoms with E-state index in [1.807, 2.05) is 6.92 Å². The maximum absolute atomic E-state index is 5.01. The molecule has 0 aliphatic rings. The quantitative estimate of drug-likeness (QED) is 0.262. The first-order chi connectivity index (χ1) is 4.91. The first-order valence-electron chi connectivity index (χ1n) is 3.08. The van der Waals surface area contributed by atoms with Crippen molar-refractivity contribution in [1.82, 2.24) is 5.48 Å². The average Bonchev–Trinajstić information content (AvgIpc) is 1.97. The lowest BCUT2D eigenvalue weighted by Crippen LogP contribution is -2.19. The molecule has 0 radical (unpaired) electrons. The molecule has 0 saturated heterocycles. The van der Waals surface area contributed by atoms with Gasteiger partial charge in [0, 0.05) is 31.5 Å². The summed E-state index contributed by atoms with van der Waals surface area (Å²) in [5.41, 5.74) is 2.55. The third-order valence-electron chi connectivity index (χ3n) is 0.714. The molecule has 0 unspecified atom stereocenters. The summed E-state index contributed by atoms with van der Waals surface area (Å²) in [5.74, 6) is 0. The molecule has 0 atom stereocenters. The fraction of sp³-hybridized carbons (Fsp3) is 1.00. The molecule has 0 saturated carbocycles. The Morgan fingerprint density at radius 2 is 2.30 bits per heavy atom. The minimum Gasteiger partial charge on any atom is -0.380 e. The summed E-state index contributed by atoms with van der Waals surface area (Å²) in [7, 11) is 0. The van der Waals surface area contributed by atoms with Gasteiger partial charge in [-0.3, -0.25) is 0 Å². The van der Waals surface area contributed by atoms with Gasteiger partial charge in [0.2, 0.25) is 0 Å². The predicted molar refractivity (Wildman–Crippen MR) is 40.2 cm³/mol. The van der Waals surface area contributed by atoms with Crippen LogP contribution < -0.4 is 5.48 Å². The van der Waals surface area contributed by atoms with Crippen LogP contribution in [0.4, 0.5) is 0 Å². The molecule has 0 aromatic rings. The van der Waals surface area contributed by atoms with E-state index in [-0.39, 0.29) is 0 Å². The van der Waals surface area contributed by atoms with Gasteiger partial charge in [-0.15, -0.1) is 9.32 Å². The normalized spacial score (nSPS) is 10.2. The molecule has 0 amide bonds. The Morgan fingerprint density at radius 1 is 1.50 bits per heavy atom. The zero-order valence-electron chi connectivity index (χ0n) is 6.25. The van der Waals surface area contributed by atoms with Crippen LogP contribution in [0.15, 0.2) is 0 Å². The molecule has 0 bridgehead atoms. The third-order valence-corrected chi connectivity index (χ3v) is 0.918. The lowest BCUT2D eigenvalue weighted by atomic mass is 10.7. The molecular formula is C5H13NO3S. The van der Waals surface area contributed by atoms with Crippen LogP contribution in [0.5, 0.6) is 0 Å². The average molecular weight is 167 g/mol. The standard InChI is InChI=1S/C5H13NO3S/c1-3-7-5-4-6-8-9-10-2/h6H,3-5H2,1-2H3. The van der Waals surface area contributed by atoms with Gasteiger partial charge in [0.05, 0.1) is 6.61 Å². The van der Waals surface area contributed by atoms with Crippen LogP contribution in [0.1, 0.15) is 6.92 Å². The minimum absolute atomic E-state index is 0.633. The fourth-order valence-corrected chi connectivity index (χ4v) is 0.474. The molecule has 0 aromatic heterocycles. The zero-order chi connectivity index (χ0) is 7.66. The first kappa shape index (κ1) is 10.2. The van der Waals surface area contributed by atoms with Crippen LogP contribution in [0.3, 0.4) is 0 Å². The van der Waals surface area contributed by atoms with Crippen molar-refractivity contribution in [2.24, 2.45) is 0 Å². The van der Waals surface area contributed by atoms with Crippen LogP contribution in [-0.4, -0.2) is 26.0 Å². The van der Waals surface area contributed by atoms with Crippen molar-refractivity contribution in [3.63, 3.8) is 0 Å². The molecule has 4 nitrogen and oxygen atoms in total. The molecule has 10 heavy (non-hydrogen) atoms. The molecular weight excluding hydrogens is 154 g/mol. The molecule has 1 N–H and O–H groups in total. The monoisotopic (exact) mass is 167 g/mol. The topological polar surface area (TPSA) is 39.7 Å². The van der Waals surface area contributed by atoms with Crippen molar-refractivity contribution in [3.8, 4) is 0 Å². The molecule has 0 fully saturated rings. The van der Waals surface area contributed by atoms with Crippen molar-refractivity contribution in [1.29, 1.82) is 0 Å². The summed E-state index contributed by atoms with van der Waals surface area (Å²) >= 11 is 1.14. The van der Waals surface area contributed by atoms with E-state index < -0.39 is 0 Å². The van der Waals surface area contributed by atoms with Crippen LogP contribution in [0, 0.1) is 0 Å². The fourth-order valence-electron chi connectivity index (χ4n) is 0.358. The van der Waals surface area contributed by atoms with Gasteiger partial charge in [0.25, 0.3) is 0 Å². The van der Waals surface area contributed by atoms with E-state index in [1.165, 1.54) is 0 Å². The summed E-state index contributed by atoms with van der Waals surface area (Å²) < 4.78 is 9.47. The van der Waals surface area contributed by atoms with Gasteiger partial charge in [-0.05, 0) is 6.92 Å². The number of hydrogen-bond donors (Lipinski definition) is 1. The largest absolute Gasteiger partial charge is 0.380 e. The second-order valence-electron chi connectivity index (χ2n) is 1.41. The van der Waals surface area contributed by atoms with E-state index in [4.69, 9.17) is 4.74 Å². The van der Waals surface area contributed by atoms with Gasteiger partial charge in [-0.1, -0.05) is 0 Å². The maximum Gasteiger partial charge on any atom is 0.0615 e. The summed E-state index contributed by atoms with van der Waals surface area (Å²) in [6.45, 7) is 3.94. The van der Waals surface area contributed by atoms with E-state index in [1.54, 1.807) is 6.26 Å². The third kappa shape index (κ3) is 8.19. The molecule has 5 heteroatoms. The van der Waals surface area contributed by atoms with E-state index in [0.717, 1.165) is 18.6 Å². The Bertz CT molecular complexity index is 56.9. The Labute approximate surface area is 65.3 Å². The van der Waals surface area contributed by atoms with Crippen molar-refractivity contribution in [2.75, 3.05) is 26.0 Å². The summed E-state index contributed by atoms with van der Waals surface area (Å²) in [5, 5.41) is 0. The molecule has 0 aliphatic carbocycles. The Balaban J connectivity index is 2.65. The molecule has 0 aliphatic heterocycles. The number of ether oxygens (including phenoxy) is 1. The van der Waals surface area contributed by atoms with Gasteiger partial charge in [-0.2, -0.15) is 5.48 Å². The molecule has 0 heterocycles. The summed E-state index contributed by atoms with van der Waals surface area (Å²) in [6, 6.07) is 0. The Kier molecular flexibility index (Phi) is 9.36. The van der Waals surface area contributed by atoms with Gasteiger partial charge >= 0.3 is 0 Å². The van der Waals surface area contributed by atoms with E-state index >= 15 is 0 Å². The number of rotatable bonds is 7. The Hall–Kier alpha value is 0.190. The van der Waals surface area contributed by atoms with Crippen molar-refractivity contribution in [2.45, 2.75) is 6.92 Å². The van der Waals surface area contributed by atoms with E-state index in [2.05, 4.69) is 14.8 Å². The lowest BCUT2D eigenvalue weighted by molar-refractivity contribution is -0.245. The van der Waals surface area contributed by atoms with Gasteiger partial charge < -0.3 is 4.74 Å². The Morgan fingerprint density at radius 3 is 2.90 bits per heavy atom. The SMILES string of the molecule is CCOCCNOOSC. The maximum atomic E-state index is 5.01. The van der Waals surface area contributed by atoms with Crippen LogP contribution in [-0.2, 0) is 14.1 Å². The second-order valence-corrected chi connectivity index (χ2v) is 1.88. The summed E-state index contributed by atoms with van der Waals surface area (Å²) in [6.07, 6.45) is 1.77. The molecule has 0 spiro atoms. The van der Waals surface area contributed by atoms with Crippen LogP contribution in [0.25, 0.3) is 0 Å². The van der Waals surface area contributed by atoms with Gasteiger partial charge in [0.15, 0.2) is 0 Å². The molecule has 62 valence electrons. The minimum atomic E-state index is 0.633. The molecule has 0 rings (SSSR count). The van der Waals surface area contributed by atoms with Crippen LogP contribution in [0.2, 0.25) is 0 Å². The van der Waals surface area contributed by atoms with E-state index in [0.29, 0.717) is 13.2 Å². The van der Waals surface area contributed by atoms with Crippen molar-refractivity contribution >= 4 is 12.0 Å². The van der Waals surface area contributed by atoms with Crippen molar-refractivity contribution < 1.29 is 14.1 Å². The molecule has 0 aromatic carbocycles. The zero-order valence-corrected chi connectivity index (χ0v) is 7.07. The highest BCUT2D eigenvalue weighted by Gasteiger charge is 1.85. The lowest BCUT2D eigenvalue weighted by Gasteiger charge is -2.01. The van der Waals surface area contributed by atoms with E-state index in [9.17, 15) is 0 Å². The highest BCUT2D eigenvalue weighted by Crippen LogP contribution is 1.91. The summed E-state index contributed by atoms with van der Waals surface area (Å²) in [4.78, 5) is 4.46. The predicted octanol–water partition coefficient (Wildman–Crippen LogP) is 0.754. The van der Waals surface area contributed by atoms with Gasteiger partial charge in [-0.25, -0.2) is 0 Å². The number of hydrogen-bond acceptors (Lipinski definition) is 5. The smallest absolute Gasteiger partial charge is 0.0615 e. The highest BCUT2D eigenvalue weighted by molar-refractivity contribution is 7.93. The number of hydroxylamine groups is 1. The highest BCUT2D eigenvalue weighted by atomic mass is 32.2. The van der Waals surface area contributed by atoms with Crippen LogP contribution >= 0.6 is 12.0 Å². The second kappa shape index (κ2) is 9.19. The van der Waals surface area contributed by atoms with Gasteiger partial charge in [0.1, 0.15) is 0 Å². The number of nitrogens with one attached hydrogen (secondary N) is 1.